The molecule has 23 heavy (non-hydrogen) atoms. The monoisotopic (exact) mass is 325 g/mol. The number of nitrogen functional groups attached to an aromatic ring is 1. The van der Waals surface area contributed by atoms with Crippen molar-refractivity contribution in [2.75, 3.05) is 5.73 Å². The first-order chi connectivity index (χ1) is 10.6. The summed E-state index contributed by atoms with van der Waals surface area (Å²) in [5.74, 6) is -2.21. The summed E-state index contributed by atoms with van der Waals surface area (Å²) < 4.78 is 29.4. The average Bonchev–Trinajstić information content (AvgIpc) is 2.69. The number of benzene rings is 1. The highest BCUT2D eigenvalue weighted by Crippen LogP contribution is 2.29. The molecule has 1 saturated heterocycles. The highest BCUT2D eigenvalue weighted by atomic mass is 19.1. The van der Waals surface area contributed by atoms with E-state index in [1.807, 2.05) is 0 Å². The van der Waals surface area contributed by atoms with Crippen LogP contribution in [-0.2, 0) is 14.3 Å². The van der Waals surface area contributed by atoms with E-state index in [0.717, 1.165) is 6.07 Å². The summed E-state index contributed by atoms with van der Waals surface area (Å²) in [6.07, 6.45) is -1.02. The van der Waals surface area contributed by atoms with Crippen molar-refractivity contribution in [3.63, 3.8) is 0 Å². The van der Waals surface area contributed by atoms with E-state index in [-0.39, 0.29) is 29.5 Å². The molecule has 1 aliphatic heterocycles. The van der Waals surface area contributed by atoms with Crippen molar-refractivity contribution in [3.8, 4) is 5.75 Å². The third kappa shape index (κ3) is 4.12. The van der Waals surface area contributed by atoms with E-state index in [4.69, 9.17) is 19.9 Å². The maximum Gasteiger partial charge on any atom is 0.347 e. The van der Waals surface area contributed by atoms with Crippen LogP contribution >= 0.6 is 0 Å². The van der Waals surface area contributed by atoms with Gasteiger partial charge in [-0.15, -0.1) is 0 Å². The molecule has 0 spiro atoms. The quantitative estimate of drug-likeness (QED) is 0.678. The topological polar surface area (TPSA) is 87.9 Å². The van der Waals surface area contributed by atoms with Gasteiger partial charge >= 0.3 is 11.9 Å². The summed E-state index contributed by atoms with van der Waals surface area (Å²) in [5, 5.41) is 0. The molecule has 0 aromatic heterocycles. The molecule has 2 N–H and O–H groups in total. The van der Waals surface area contributed by atoms with Crippen LogP contribution in [0.3, 0.4) is 0 Å². The summed E-state index contributed by atoms with van der Waals surface area (Å²) in [6.45, 7) is 6.94. The zero-order chi connectivity index (χ0) is 17.4. The summed E-state index contributed by atoms with van der Waals surface area (Å²) in [7, 11) is 0. The van der Waals surface area contributed by atoms with Crippen LogP contribution in [0.4, 0.5) is 10.1 Å². The van der Waals surface area contributed by atoms with Crippen LogP contribution in [0.1, 0.15) is 44.5 Å². The molecule has 1 aromatic carbocycles. The molecular weight excluding hydrogens is 305 g/mol. The minimum absolute atomic E-state index is 0.0574. The molecule has 2 unspecified atom stereocenters. The summed E-state index contributed by atoms with van der Waals surface area (Å²) in [4.78, 5) is 23.7. The normalized spacial score (nSPS) is 21.0. The molecular formula is C16H20FNO5. The Morgan fingerprint density at radius 1 is 1.39 bits per heavy atom. The lowest BCUT2D eigenvalue weighted by molar-refractivity contribution is -0.147. The van der Waals surface area contributed by atoms with Crippen molar-refractivity contribution < 1.29 is 28.2 Å². The molecule has 1 fully saturated rings. The van der Waals surface area contributed by atoms with Gasteiger partial charge in [-0.05, 0) is 33.8 Å². The fraction of sp³-hybridized carbons (Fsp3) is 0.500. The minimum atomic E-state index is -0.978. The largest absolute Gasteiger partial charge is 0.485 e. The predicted molar refractivity (Wildman–Crippen MR) is 80.6 cm³/mol. The molecule has 1 aromatic rings. The predicted octanol–water partition coefficient (Wildman–Crippen LogP) is 2.45. The Morgan fingerprint density at radius 3 is 2.57 bits per heavy atom. The van der Waals surface area contributed by atoms with Gasteiger partial charge in [0.25, 0.3) is 0 Å². The van der Waals surface area contributed by atoms with Gasteiger partial charge in [-0.25, -0.2) is 14.0 Å². The number of halogens is 1. The van der Waals surface area contributed by atoms with Gasteiger partial charge in [0.15, 0.2) is 11.6 Å². The van der Waals surface area contributed by atoms with Gasteiger partial charge in [0.05, 0.1) is 5.56 Å². The number of nitrogens with two attached hydrogens (primary N) is 1. The minimum Gasteiger partial charge on any atom is -0.485 e. The molecule has 7 heteroatoms. The van der Waals surface area contributed by atoms with Gasteiger partial charge in [0.2, 0.25) is 6.10 Å². The van der Waals surface area contributed by atoms with Crippen molar-refractivity contribution in [2.45, 2.75) is 51.9 Å². The molecule has 0 amide bonds. The first-order valence-corrected chi connectivity index (χ1v) is 7.26. The Kier molecular flexibility index (Phi) is 4.49. The van der Waals surface area contributed by atoms with Crippen molar-refractivity contribution in [1.29, 1.82) is 0 Å². The van der Waals surface area contributed by atoms with E-state index in [0.29, 0.717) is 0 Å². The zero-order valence-electron chi connectivity index (χ0n) is 13.5. The van der Waals surface area contributed by atoms with Crippen LogP contribution in [0.2, 0.25) is 0 Å². The highest BCUT2D eigenvalue weighted by molar-refractivity contribution is 5.97. The average molecular weight is 325 g/mol. The number of esters is 2. The first-order valence-electron chi connectivity index (χ1n) is 7.26. The number of hydrogen-bond acceptors (Lipinski definition) is 6. The Balaban J connectivity index is 2.23. The second-order valence-electron chi connectivity index (χ2n) is 6.46. The lowest BCUT2D eigenvalue weighted by Crippen LogP contribution is -2.25. The number of rotatable bonds is 3. The van der Waals surface area contributed by atoms with E-state index >= 15 is 0 Å². The van der Waals surface area contributed by atoms with Gasteiger partial charge in [0.1, 0.15) is 11.7 Å². The lowest BCUT2D eigenvalue weighted by Gasteiger charge is -2.22. The summed E-state index contributed by atoms with van der Waals surface area (Å²) in [5.41, 5.74) is 4.88. The van der Waals surface area contributed by atoms with E-state index in [1.54, 1.807) is 27.7 Å². The number of cyclic esters (lactones) is 1. The molecule has 1 heterocycles. The number of carbonyl (C=O) groups excluding carboxylic acids is 2. The highest BCUT2D eigenvalue weighted by Gasteiger charge is 2.35. The molecule has 2 rings (SSSR count). The Labute approximate surface area is 133 Å². The van der Waals surface area contributed by atoms with Crippen LogP contribution in [0.25, 0.3) is 0 Å². The van der Waals surface area contributed by atoms with Gasteiger partial charge < -0.3 is 19.9 Å². The SMILES string of the molecule is CC1CC(OC(=O)c2cc(OC(C)(C)C)c(F)cc2N)C(=O)O1. The summed E-state index contributed by atoms with van der Waals surface area (Å²) >= 11 is 0. The zero-order valence-corrected chi connectivity index (χ0v) is 13.5. The second kappa shape index (κ2) is 6.06. The molecule has 0 radical (unpaired) electrons. The van der Waals surface area contributed by atoms with Gasteiger partial charge in [-0.3, -0.25) is 0 Å². The maximum absolute atomic E-state index is 13.9. The van der Waals surface area contributed by atoms with Crippen molar-refractivity contribution in [3.05, 3.63) is 23.5 Å². The van der Waals surface area contributed by atoms with Crippen LogP contribution in [0.15, 0.2) is 12.1 Å². The van der Waals surface area contributed by atoms with Gasteiger partial charge in [-0.2, -0.15) is 0 Å². The van der Waals surface area contributed by atoms with Crippen LogP contribution in [-0.4, -0.2) is 29.7 Å². The molecule has 6 nitrogen and oxygen atoms in total. The smallest absolute Gasteiger partial charge is 0.347 e. The molecule has 2 atom stereocenters. The van der Waals surface area contributed by atoms with E-state index in [9.17, 15) is 14.0 Å². The van der Waals surface area contributed by atoms with Gasteiger partial charge in [0, 0.05) is 18.2 Å². The number of carbonyl (C=O) groups is 2. The molecule has 0 bridgehead atoms. The van der Waals surface area contributed by atoms with E-state index in [1.165, 1.54) is 6.07 Å². The van der Waals surface area contributed by atoms with E-state index in [2.05, 4.69) is 0 Å². The first kappa shape index (κ1) is 17.1. The van der Waals surface area contributed by atoms with Crippen molar-refractivity contribution in [2.24, 2.45) is 0 Å². The number of anilines is 1. The van der Waals surface area contributed by atoms with Crippen molar-refractivity contribution >= 4 is 17.6 Å². The van der Waals surface area contributed by atoms with E-state index < -0.39 is 29.5 Å². The Hall–Kier alpha value is -2.31. The molecule has 0 aliphatic carbocycles. The van der Waals surface area contributed by atoms with Crippen LogP contribution in [0.5, 0.6) is 5.75 Å². The molecule has 126 valence electrons. The third-order valence-electron chi connectivity index (χ3n) is 3.12. The number of hydrogen-bond donors (Lipinski definition) is 1. The lowest BCUT2D eigenvalue weighted by atomic mass is 10.1. The maximum atomic E-state index is 13.9. The third-order valence-corrected chi connectivity index (χ3v) is 3.12. The Morgan fingerprint density at radius 2 is 2.04 bits per heavy atom. The van der Waals surface area contributed by atoms with Crippen LogP contribution in [0, 0.1) is 5.82 Å². The Bertz CT molecular complexity index is 638. The fourth-order valence-corrected chi connectivity index (χ4v) is 2.16. The number of ether oxygens (including phenoxy) is 3. The molecule has 1 aliphatic rings. The van der Waals surface area contributed by atoms with Gasteiger partial charge in [-0.1, -0.05) is 0 Å². The van der Waals surface area contributed by atoms with Crippen LogP contribution < -0.4 is 10.5 Å². The summed E-state index contributed by atoms with van der Waals surface area (Å²) in [6, 6.07) is 2.18. The standard InChI is InChI=1S/C16H20FNO5/c1-8-5-13(15(20)21-8)22-14(19)9-6-12(23-16(2,3)4)10(17)7-11(9)18/h6-8,13H,5,18H2,1-4H3. The molecule has 0 saturated carbocycles. The second-order valence-corrected chi connectivity index (χ2v) is 6.46. The van der Waals surface area contributed by atoms with Crippen molar-refractivity contribution in [1.82, 2.24) is 0 Å². The fourth-order valence-electron chi connectivity index (χ4n) is 2.16.